The lowest BCUT2D eigenvalue weighted by Gasteiger charge is -2.13. The van der Waals surface area contributed by atoms with Crippen molar-refractivity contribution in [1.82, 2.24) is 5.32 Å². The van der Waals surface area contributed by atoms with Crippen LogP contribution in [0.15, 0.2) is 12.1 Å². The third-order valence-corrected chi connectivity index (χ3v) is 3.45. The van der Waals surface area contributed by atoms with Gasteiger partial charge in [0.25, 0.3) is 5.91 Å². The zero-order valence-corrected chi connectivity index (χ0v) is 16.0. The number of esters is 2. The SMILES string of the molecule is CCOC(=O)CCCNC(=O)COC(=O)c1cc(OC)c(OC)cc1OC. The second-order valence-corrected chi connectivity index (χ2v) is 5.24. The molecule has 0 aliphatic carbocycles. The van der Waals surface area contributed by atoms with Gasteiger partial charge in [0.15, 0.2) is 18.1 Å². The summed E-state index contributed by atoms with van der Waals surface area (Å²) < 4.78 is 25.2. The highest BCUT2D eigenvalue weighted by molar-refractivity contribution is 5.95. The first-order valence-corrected chi connectivity index (χ1v) is 8.36. The van der Waals surface area contributed by atoms with Gasteiger partial charge in [-0.05, 0) is 13.3 Å². The summed E-state index contributed by atoms with van der Waals surface area (Å²) in [6.07, 6.45) is 0.638. The lowest BCUT2D eigenvalue weighted by Crippen LogP contribution is -2.30. The van der Waals surface area contributed by atoms with Crippen molar-refractivity contribution in [1.29, 1.82) is 0 Å². The second kappa shape index (κ2) is 11.6. The molecule has 0 spiro atoms. The summed E-state index contributed by atoms with van der Waals surface area (Å²) in [6.45, 7) is 1.85. The standard InChI is InChI=1S/C18H25NO8/c1-5-26-17(21)7-6-8-19-16(20)11-27-18(22)12-9-14(24-3)15(25-4)10-13(12)23-2/h9-10H,5-8,11H2,1-4H3,(H,19,20). The number of carbonyl (C=O) groups is 3. The molecule has 1 aromatic rings. The van der Waals surface area contributed by atoms with Gasteiger partial charge in [0.1, 0.15) is 11.3 Å². The van der Waals surface area contributed by atoms with Gasteiger partial charge in [-0.2, -0.15) is 0 Å². The van der Waals surface area contributed by atoms with Crippen molar-refractivity contribution in [3.63, 3.8) is 0 Å². The van der Waals surface area contributed by atoms with E-state index in [1.807, 2.05) is 0 Å². The molecule has 0 heterocycles. The number of ether oxygens (including phenoxy) is 5. The zero-order chi connectivity index (χ0) is 20.2. The van der Waals surface area contributed by atoms with E-state index in [0.717, 1.165) is 0 Å². The number of carbonyl (C=O) groups excluding carboxylic acids is 3. The molecule has 1 rings (SSSR count). The zero-order valence-electron chi connectivity index (χ0n) is 16.0. The molecule has 0 saturated carbocycles. The summed E-state index contributed by atoms with van der Waals surface area (Å²) in [5, 5.41) is 2.56. The molecule has 0 atom stereocenters. The van der Waals surface area contributed by atoms with Gasteiger partial charge in [0.05, 0.1) is 27.9 Å². The van der Waals surface area contributed by atoms with Gasteiger partial charge in [-0.25, -0.2) is 4.79 Å². The lowest BCUT2D eigenvalue weighted by molar-refractivity contribution is -0.143. The summed E-state index contributed by atoms with van der Waals surface area (Å²) in [6, 6.07) is 2.90. The summed E-state index contributed by atoms with van der Waals surface area (Å²) in [7, 11) is 4.29. The van der Waals surface area contributed by atoms with Gasteiger partial charge in [-0.3, -0.25) is 9.59 Å². The Balaban J connectivity index is 2.54. The number of benzene rings is 1. The van der Waals surface area contributed by atoms with E-state index in [1.54, 1.807) is 6.92 Å². The van der Waals surface area contributed by atoms with Crippen LogP contribution in [0.3, 0.4) is 0 Å². The topological polar surface area (TPSA) is 109 Å². The fourth-order valence-electron chi connectivity index (χ4n) is 2.14. The van der Waals surface area contributed by atoms with Gasteiger partial charge < -0.3 is 29.0 Å². The Morgan fingerprint density at radius 1 is 0.926 bits per heavy atom. The minimum absolute atomic E-state index is 0.102. The Labute approximate surface area is 157 Å². The average Bonchev–Trinajstić information content (AvgIpc) is 2.68. The van der Waals surface area contributed by atoms with Crippen LogP contribution >= 0.6 is 0 Å². The van der Waals surface area contributed by atoms with Crippen LogP contribution in [0.1, 0.15) is 30.1 Å². The van der Waals surface area contributed by atoms with Gasteiger partial charge in [0.2, 0.25) is 0 Å². The monoisotopic (exact) mass is 383 g/mol. The minimum atomic E-state index is -0.741. The predicted octanol–water partition coefficient (Wildman–Crippen LogP) is 1.33. The van der Waals surface area contributed by atoms with Crippen molar-refractivity contribution >= 4 is 17.8 Å². The number of hydrogen-bond acceptors (Lipinski definition) is 8. The van der Waals surface area contributed by atoms with E-state index >= 15 is 0 Å². The number of amides is 1. The van der Waals surface area contributed by atoms with Crippen LogP contribution in [0.4, 0.5) is 0 Å². The van der Waals surface area contributed by atoms with Crippen LogP contribution in [-0.4, -0.2) is 58.9 Å². The molecule has 0 unspecified atom stereocenters. The van der Waals surface area contributed by atoms with Crippen molar-refractivity contribution in [3.8, 4) is 17.2 Å². The Morgan fingerprint density at radius 3 is 2.15 bits per heavy atom. The molecule has 0 aliphatic rings. The van der Waals surface area contributed by atoms with E-state index in [-0.39, 0.29) is 30.2 Å². The molecule has 9 heteroatoms. The molecule has 1 aromatic carbocycles. The molecule has 150 valence electrons. The summed E-state index contributed by atoms with van der Waals surface area (Å²) in [5.74, 6) is -0.591. The quantitative estimate of drug-likeness (QED) is 0.450. The summed E-state index contributed by atoms with van der Waals surface area (Å²) in [4.78, 5) is 35.2. The highest BCUT2D eigenvalue weighted by atomic mass is 16.5. The van der Waals surface area contributed by atoms with E-state index in [9.17, 15) is 14.4 Å². The van der Waals surface area contributed by atoms with Crippen LogP contribution in [-0.2, 0) is 19.1 Å². The molecule has 1 N–H and O–H groups in total. The van der Waals surface area contributed by atoms with Gasteiger partial charge >= 0.3 is 11.9 Å². The van der Waals surface area contributed by atoms with Crippen molar-refractivity contribution in [3.05, 3.63) is 17.7 Å². The largest absolute Gasteiger partial charge is 0.496 e. The molecule has 0 saturated heterocycles. The smallest absolute Gasteiger partial charge is 0.342 e. The first kappa shape index (κ1) is 22.1. The molecule has 9 nitrogen and oxygen atoms in total. The van der Waals surface area contributed by atoms with Crippen molar-refractivity contribution < 1.29 is 38.1 Å². The van der Waals surface area contributed by atoms with Crippen LogP contribution < -0.4 is 19.5 Å². The second-order valence-electron chi connectivity index (χ2n) is 5.24. The minimum Gasteiger partial charge on any atom is -0.496 e. The van der Waals surface area contributed by atoms with Crippen LogP contribution in [0.25, 0.3) is 0 Å². The van der Waals surface area contributed by atoms with Crippen LogP contribution in [0.5, 0.6) is 17.2 Å². The van der Waals surface area contributed by atoms with Crippen molar-refractivity contribution in [2.45, 2.75) is 19.8 Å². The third-order valence-electron chi connectivity index (χ3n) is 3.45. The van der Waals surface area contributed by atoms with Gasteiger partial charge in [-0.15, -0.1) is 0 Å². The number of nitrogens with one attached hydrogen (secondary N) is 1. The first-order valence-electron chi connectivity index (χ1n) is 8.36. The average molecular weight is 383 g/mol. The molecule has 27 heavy (non-hydrogen) atoms. The molecular formula is C18H25NO8. The van der Waals surface area contributed by atoms with Crippen molar-refractivity contribution in [2.75, 3.05) is 41.1 Å². The van der Waals surface area contributed by atoms with E-state index in [0.29, 0.717) is 24.5 Å². The first-order chi connectivity index (χ1) is 13.0. The maximum absolute atomic E-state index is 12.2. The predicted molar refractivity (Wildman–Crippen MR) is 95.3 cm³/mol. The summed E-state index contributed by atoms with van der Waals surface area (Å²) >= 11 is 0. The molecule has 0 radical (unpaired) electrons. The Hall–Kier alpha value is -2.97. The molecule has 1 amide bonds. The Bertz CT molecular complexity index is 659. The fraction of sp³-hybridized carbons (Fsp3) is 0.500. The van der Waals surface area contributed by atoms with Gasteiger partial charge in [-0.1, -0.05) is 0 Å². The maximum Gasteiger partial charge on any atom is 0.342 e. The molecular weight excluding hydrogens is 358 g/mol. The fourth-order valence-corrected chi connectivity index (χ4v) is 2.14. The van der Waals surface area contributed by atoms with E-state index in [1.165, 1.54) is 33.5 Å². The molecule has 0 bridgehead atoms. The van der Waals surface area contributed by atoms with Crippen LogP contribution in [0.2, 0.25) is 0 Å². The molecule has 0 fully saturated rings. The van der Waals surface area contributed by atoms with Crippen LogP contribution in [0, 0.1) is 0 Å². The number of hydrogen-bond donors (Lipinski definition) is 1. The highest BCUT2D eigenvalue weighted by Crippen LogP contribution is 2.34. The maximum atomic E-state index is 12.2. The Kier molecular flexibility index (Phi) is 9.49. The Morgan fingerprint density at radius 2 is 1.56 bits per heavy atom. The normalized spacial score (nSPS) is 9.93. The molecule has 0 aliphatic heterocycles. The number of methoxy groups -OCH3 is 3. The van der Waals surface area contributed by atoms with E-state index in [4.69, 9.17) is 23.7 Å². The highest BCUT2D eigenvalue weighted by Gasteiger charge is 2.19. The number of rotatable bonds is 11. The van der Waals surface area contributed by atoms with Gasteiger partial charge in [0, 0.05) is 25.1 Å². The lowest BCUT2D eigenvalue weighted by atomic mass is 10.1. The van der Waals surface area contributed by atoms with E-state index < -0.39 is 18.5 Å². The van der Waals surface area contributed by atoms with E-state index in [2.05, 4.69) is 5.32 Å². The van der Waals surface area contributed by atoms with Crippen molar-refractivity contribution in [2.24, 2.45) is 0 Å². The molecule has 0 aromatic heterocycles. The third kappa shape index (κ3) is 7.04. The summed E-state index contributed by atoms with van der Waals surface area (Å²) in [5.41, 5.74) is 0.102.